The van der Waals surface area contributed by atoms with Gasteiger partial charge in [-0.3, -0.25) is 14.3 Å². The molecule has 0 aliphatic rings. The van der Waals surface area contributed by atoms with E-state index < -0.39 is 0 Å². The number of fused-ring (bicyclic) bond motifs is 2. The van der Waals surface area contributed by atoms with Crippen LogP contribution in [0.2, 0.25) is 0 Å². The summed E-state index contributed by atoms with van der Waals surface area (Å²) in [6.07, 6.45) is 3.40. The fourth-order valence-electron chi connectivity index (χ4n) is 3.00. The fraction of sp³-hybridized carbons (Fsp3) is 0.100. The molecule has 0 saturated carbocycles. The van der Waals surface area contributed by atoms with Gasteiger partial charge in [0, 0.05) is 17.0 Å². The lowest BCUT2D eigenvalue weighted by molar-refractivity contribution is -0.137. The molecule has 2 heterocycles. The zero-order valence-electron chi connectivity index (χ0n) is 14.4. The first-order chi connectivity index (χ1) is 13.2. The summed E-state index contributed by atoms with van der Waals surface area (Å²) in [6, 6.07) is 15.6. The molecular formula is C20H14N4O2S. The van der Waals surface area contributed by atoms with E-state index in [0.717, 1.165) is 27.5 Å². The van der Waals surface area contributed by atoms with Crippen LogP contribution in [-0.4, -0.2) is 33.4 Å². The second kappa shape index (κ2) is 7.09. The van der Waals surface area contributed by atoms with Gasteiger partial charge in [0.15, 0.2) is 5.16 Å². The van der Waals surface area contributed by atoms with E-state index in [1.807, 2.05) is 41.0 Å². The van der Waals surface area contributed by atoms with Crippen LogP contribution < -0.4 is 0 Å². The molecule has 0 amide bonds. The van der Waals surface area contributed by atoms with Gasteiger partial charge in [-0.1, -0.05) is 36.0 Å². The summed E-state index contributed by atoms with van der Waals surface area (Å²) in [7, 11) is 1.36. The second-order valence-electron chi connectivity index (χ2n) is 5.75. The van der Waals surface area contributed by atoms with Crippen LogP contribution in [0.1, 0.15) is 5.56 Å². The Balaban J connectivity index is 1.97. The number of carbonyl (C=O) groups excluding carboxylic acids is 1. The Kier molecular flexibility index (Phi) is 4.48. The van der Waals surface area contributed by atoms with Crippen LogP contribution in [0.15, 0.2) is 60.0 Å². The average molecular weight is 374 g/mol. The summed E-state index contributed by atoms with van der Waals surface area (Å²) < 4.78 is 6.74. The molecular weight excluding hydrogens is 360 g/mol. The van der Waals surface area contributed by atoms with Crippen molar-refractivity contribution in [1.29, 1.82) is 5.26 Å². The SMILES string of the molecule is COC(=O)CSc1nc2cnccc2n1-c1ccc(C#N)c2ccccc12. The summed E-state index contributed by atoms with van der Waals surface area (Å²) in [6.45, 7) is 0. The Hall–Kier alpha value is -3.37. The molecule has 7 heteroatoms. The van der Waals surface area contributed by atoms with E-state index in [2.05, 4.69) is 16.0 Å². The second-order valence-corrected chi connectivity index (χ2v) is 6.69. The van der Waals surface area contributed by atoms with Crippen LogP contribution >= 0.6 is 11.8 Å². The highest BCUT2D eigenvalue weighted by atomic mass is 32.2. The third-order valence-corrected chi connectivity index (χ3v) is 5.15. The molecule has 0 fully saturated rings. The number of methoxy groups -OCH3 is 1. The normalized spacial score (nSPS) is 10.8. The van der Waals surface area contributed by atoms with Crippen LogP contribution in [0.25, 0.3) is 27.5 Å². The minimum absolute atomic E-state index is 0.154. The number of aromatic nitrogens is 3. The maximum atomic E-state index is 11.6. The van der Waals surface area contributed by atoms with E-state index >= 15 is 0 Å². The first-order valence-electron chi connectivity index (χ1n) is 8.17. The molecule has 6 nitrogen and oxygen atoms in total. The zero-order chi connectivity index (χ0) is 18.8. The smallest absolute Gasteiger partial charge is 0.316 e. The van der Waals surface area contributed by atoms with Crippen LogP contribution in [0.5, 0.6) is 0 Å². The van der Waals surface area contributed by atoms with Crippen LogP contribution in [0.4, 0.5) is 0 Å². The monoisotopic (exact) mass is 374 g/mol. The lowest BCUT2D eigenvalue weighted by Gasteiger charge is -2.12. The highest BCUT2D eigenvalue weighted by molar-refractivity contribution is 7.99. The van der Waals surface area contributed by atoms with Crippen molar-refractivity contribution in [2.45, 2.75) is 5.16 Å². The molecule has 132 valence electrons. The maximum Gasteiger partial charge on any atom is 0.316 e. The quantitative estimate of drug-likeness (QED) is 0.400. The van der Waals surface area contributed by atoms with Crippen LogP contribution in [0.3, 0.4) is 0 Å². The topological polar surface area (TPSA) is 80.8 Å². The van der Waals surface area contributed by atoms with Gasteiger partial charge in [-0.15, -0.1) is 0 Å². The van der Waals surface area contributed by atoms with Crippen molar-refractivity contribution < 1.29 is 9.53 Å². The van der Waals surface area contributed by atoms with Gasteiger partial charge in [-0.25, -0.2) is 4.98 Å². The highest BCUT2D eigenvalue weighted by Gasteiger charge is 2.17. The number of benzene rings is 2. The van der Waals surface area contributed by atoms with E-state index in [1.165, 1.54) is 18.9 Å². The van der Waals surface area contributed by atoms with Crippen molar-refractivity contribution >= 4 is 39.5 Å². The zero-order valence-corrected chi connectivity index (χ0v) is 15.2. The highest BCUT2D eigenvalue weighted by Crippen LogP contribution is 2.32. The molecule has 4 rings (SSSR count). The molecule has 4 aromatic rings. The predicted octanol–water partition coefficient (Wildman–Crippen LogP) is 3.71. The Morgan fingerprint density at radius 3 is 2.81 bits per heavy atom. The minimum atomic E-state index is -0.318. The molecule has 0 spiro atoms. The van der Waals surface area contributed by atoms with Gasteiger partial charge in [0.2, 0.25) is 0 Å². The number of imidazole rings is 1. The number of ether oxygens (including phenoxy) is 1. The van der Waals surface area contributed by atoms with Gasteiger partial charge in [-0.05, 0) is 18.2 Å². The number of hydrogen-bond acceptors (Lipinski definition) is 6. The van der Waals surface area contributed by atoms with E-state index in [9.17, 15) is 10.1 Å². The molecule has 0 N–H and O–H groups in total. The number of rotatable bonds is 4. The third-order valence-electron chi connectivity index (χ3n) is 4.24. The van der Waals surface area contributed by atoms with E-state index in [0.29, 0.717) is 10.7 Å². The van der Waals surface area contributed by atoms with Crippen molar-refractivity contribution in [3.63, 3.8) is 0 Å². The van der Waals surface area contributed by atoms with Gasteiger partial charge in [0.1, 0.15) is 5.52 Å². The molecule has 27 heavy (non-hydrogen) atoms. The van der Waals surface area contributed by atoms with Crippen molar-refractivity contribution in [1.82, 2.24) is 14.5 Å². The molecule has 2 aromatic heterocycles. The molecule has 0 atom stereocenters. The Labute approximate surface area is 159 Å². The lowest BCUT2D eigenvalue weighted by atomic mass is 10.0. The maximum absolute atomic E-state index is 11.6. The summed E-state index contributed by atoms with van der Waals surface area (Å²) in [4.78, 5) is 20.4. The average Bonchev–Trinajstić information content (AvgIpc) is 3.09. The summed E-state index contributed by atoms with van der Waals surface area (Å²) in [5.74, 6) is -0.164. The van der Waals surface area contributed by atoms with Crippen molar-refractivity contribution in [3.8, 4) is 11.8 Å². The van der Waals surface area contributed by atoms with E-state index in [4.69, 9.17) is 4.74 Å². The summed E-state index contributed by atoms with van der Waals surface area (Å²) >= 11 is 1.30. The molecule has 0 saturated heterocycles. The largest absolute Gasteiger partial charge is 0.468 e. The minimum Gasteiger partial charge on any atom is -0.468 e. The number of nitriles is 1. The van der Waals surface area contributed by atoms with Gasteiger partial charge in [0.05, 0.1) is 41.9 Å². The van der Waals surface area contributed by atoms with Crippen LogP contribution in [0, 0.1) is 11.3 Å². The number of nitrogens with zero attached hydrogens (tertiary/aromatic N) is 4. The van der Waals surface area contributed by atoms with Gasteiger partial charge in [0.25, 0.3) is 0 Å². The number of pyridine rings is 1. The Bertz CT molecular complexity index is 1210. The first-order valence-corrected chi connectivity index (χ1v) is 9.16. The molecule has 0 aliphatic heterocycles. The van der Waals surface area contributed by atoms with Gasteiger partial charge >= 0.3 is 5.97 Å². The summed E-state index contributed by atoms with van der Waals surface area (Å²) in [5, 5.41) is 11.9. The van der Waals surface area contributed by atoms with Crippen LogP contribution in [-0.2, 0) is 9.53 Å². The van der Waals surface area contributed by atoms with Gasteiger partial charge in [-0.2, -0.15) is 5.26 Å². The Morgan fingerprint density at radius 2 is 2.04 bits per heavy atom. The fourth-order valence-corrected chi connectivity index (χ4v) is 3.85. The molecule has 2 aromatic carbocycles. The first kappa shape index (κ1) is 17.1. The standard InChI is InChI=1S/C20H14N4O2S/c1-26-19(25)12-27-20-23-16-11-22-9-8-18(16)24(20)17-7-6-13(10-21)14-4-2-3-5-15(14)17/h2-9,11H,12H2,1H3. The van der Waals surface area contributed by atoms with E-state index in [-0.39, 0.29) is 11.7 Å². The van der Waals surface area contributed by atoms with Crippen molar-refractivity contribution in [3.05, 3.63) is 60.4 Å². The number of thioether (sulfide) groups is 1. The van der Waals surface area contributed by atoms with Crippen molar-refractivity contribution in [2.75, 3.05) is 12.9 Å². The predicted molar refractivity (Wildman–Crippen MR) is 104 cm³/mol. The number of esters is 1. The van der Waals surface area contributed by atoms with E-state index in [1.54, 1.807) is 18.5 Å². The number of carbonyl (C=O) groups is 1. The molecule has 0 radical (unpaired) electrons. The molecule has 0 bridgehead atoms. The molecule has 0 aliphatic carbocycles. The third kappa shape index (κ3) is 3.00. The van der Waals surface area contributed by atoms with Crippen molar-refractivity contribution in [2.24, 2.45) is 0 Å². The molecule has 0 unspecified atom stereocenters. The lowest BCUT2D eigenvalue weighted by Crippen LogP contribution is -2.05. The summed E-state index contributed by atoms with van der Waals surface area (Å²) in [5.41, 5.74) is 3.13. The number of hydrogen-bond donors (Lipinski definition) is 0. The Morgan fingerprint density at radius 1 is 1.22 bits per heavy atom. The van der Waals surface area contributed by atoms with Gasteiger partial charge < -0.3 is 4.74 Å².